The zero-order chi connectivity index (χ0) is 11.9. The van der Waals surface area contributed by atoms with Crippen LogP contribution in [-0.4, -0.2) is 9.49 Å². The third-order valence-corrected chi connectivity index (χ3v) is 1.49. The van der Waals surface area contributed by atoms with Crippen molar-refractivity contribution < 1.29 is 0 Å². The maximum atomic E-state index is 5.41. The van der Waals surface area contributed by atoms with Gasteiger partial charge in [-0.3, -0.25) is 0 Å². The summed E-state index contributed by atoms with van der Waals surface area (Å²) >= 11 is 13.3. The summed E-state index contributed by atoms with van der Waals surface area (Å²) in [5.74, 6) is 0. The first-order valence-corrected chi connectivity index (χ1v) is 29.7. The van der Waals surface area contributed by atoms with Gasteiger partial charge in [-0.1, -0.05) is 24.3 Å². The fourth-order valence-corrected chi connectivity index (χ4v) is 0.811. The van der Waals surface area contributed by atoms with Gasteiger partial charge in [0.15, 0.2) is 0 Å². The van der Waals surface area contributed by atoms with Gasteiger partial charge in [-0.15, -0.1) is 0 Å². The fraction of sp³-hybridized carbons (Fsp3) is 0.250. The van der Waals surface area contributed by atoms with E-state index in [0.29, 0.717) is 13.1 Å². The molecule has 0 amide bonds. The Morgan fingerprint density at radius 1 is 0.800 bits per heavy atom. The summed E-state index contributed by atoms with van der Waals surface area (Å²) in [6, 6.07) is 8.01. The average Bonchev–Trinajstić information content (AvgIpc) is 2.15. The van der Waals surface area contributed by atoms with Crippen molar-refractivity contribution in [2.75, 3.05) is 0 Å². The number of hydrogen-bond acceptors (Lipinski definition) is 2. The normalized spacial score (nSPS) is 10.5. The molecule has 4 N–H and O–H groups in total. The molecule has 1 aromatic carbocycles. The van der Waals surface area contributed by atoms with E-state index in [-0.39, 0.29) is 0 Å². The quantitative estimate of drug-likeness (QED) is 0.531. The third-order valence-electron chi connectivity index (χ3n) is 1.49. The zero-order valence-electron chi connectivity index (χ0n) is 7.89. The van der Waals surface area contributed by atoms with E-state index in [1.165, 1.54) is 0 Å². The number of hydrogen-bond donors (Lipinski definition) is 2. The summed E-state index contributed by atoms with van der Waals surface area (Å²) < 4.78 is 0. The van der Waals surface area contributed by atoms with Crippen molar-refractivity contribution in [3.8, 4) is 0 Å². The van der Waals surface area contributed by atoms with E-state index >= 15 is 0 Å². The Morgan fingerprint density at radius 2 is 1.00 bits per heavy atom. The topological polar surface area (TPSA) is 52.0 Å². The third kappa shape index (κ3) is 12.1. The van der Waals surface area contributed by atoms with Crippen LogP contribution in [0, 0.1) is 0 Å². The molecular formula is C8H12Br4N2Sn. The molecule has 0 aromatic heterocycles. The van der Waals surface area contributed by atoms with Crippen molar-refractivity contribution >= 4 is 60.3 Å². The van der Waals surface area contributed by atoms with Crippen LogP contribution in [0.5, 0.6) is 0 Å². The summed E-state index contributed by atoms with van der Waals surface area (Å²) in [5.41, 5.74) is 13.1. The summed E-state index contributed by atoms with van der Waals surface area (Å²) in [7, 11) is -1.93. The van der Waals surface area contributed by atoms with Crippen LogP contribution < -0.4 is 11.5 Å². The Bertz CT molecular complexity index is 244. The minimum atomic E-state index is -1.93. The van der Waals surface area contributed by atoms with Crippen molar-refractivity contribution in [2.45, 2.75) is 13.1 Å². The monoisotopic (exact) mass is 572 g/mol. The van der Waals surface area contributed by atoms with Crippen LogP contribution in [0.1, 0.15) is 11.1 Å². The Kier molecular flexibility index (Phi) is 9.98. The minimum absolute atomic E-state index is 0.602. The van der Waals surface area contributed by atoms with E-state index in [9.17, 15) is 0 Å². The molecule has 0 atom stereocenters. The van der Waals surface area contributed by atoms with Gasteiger partial charge in [0.2, 0.25) is 0 Å². The number of rotatable bonds is 2. The van der Waals surface area contributed by atoms with Crippen LogP contribution in [0.4, 0.5) is 0 Å². The predicted octanol–water partition coefficient (Wildman–Crippen LogP) is 3.61. The summed E-state index contributed by atoms with van der Waals surface area (Å²) in [6.07, 6.45) is 0. The Labute approximate surface area is 118 Å². The predicted molar refractivity (Wildman–Crippen MR) is 83.7 cm³/mol. The van der Waals surface area contributed by atoms with Gasteiger partial charge in [0, 0.05) is 13.1 Å². The maximum absolute atomic E-state index is 5.41. The molecule has 0 spiro atoms. The molecule has 7 heteroatoms. The van der Waals surface area contributed by atoms with E-state index < -0.39 is 9.49 Å². The molecule has 1 rings (SSSR count). The summed E-state index contributed by atoms with van der Waals surface area (Å²) in [5, 5.41) is 0. The fourth-order valence-electron chi connectivity index (χ4n) is 0.811. The SMILES string of the molecule is NCc1ccc(CN)cc1.[Br][Sn]([Br])([Br])[Br]. The van der Waals surface area contributed by atoms with Gasteiger partial charge in [0.05, 0.1) is 0 Å². The first-order valence-electron chi connectivity index (χ1n) is 4.10. The van der Waals surface area contributed by atoms with E-state index in [0.717, 1.165) is 11.1 Å². The second-order valence-electron chi connectivity index (χ2n) is 2.65. The van der Waals surface area contributed by atoms with Crippen molar-refractivity contribution in [1.29, 1.82) is 0 Å². The van der Waals surface area contributed by atoms with Crippen molar-refractivity contribution in [3.05, 3.63) is 35.4 Å². The van der Waals surface area contributed by atoms with Gasteiger partial charge in [-0.2, -0.15) is 0 Å². The van der Waals surface area contributed by atoms with Gasteiger partial charge >= 0.3 is 60.3 Å². The van der Waals surface area contributed by atoms with Crippen LogP contribution in [0.2, 0.25) is 0 Å². The molecule has 0 aliphatic carbocycles. The van der Waals surface area contributed by atoms with Crippen LogP contribution in [0.15, 0.2) is 24.3 Å². The van der Waals surface area contributed by atoms with Gasteiger partial charge in [0.25, 0.3) is 0 Å². The average molecular weight is 575 g/mol. The molecular weight excluding hydrogens is 562 g/mol. The zero-order valence-corrected chi connectivity index (χ0v) is 17.1. The molecule has 0 aliphatic rings. The number of nitrogens with two attached hydrogens (primary N) is 2. The molecule has 0 unspecified atom stereocenters. The molecule has 0 radical (unpaired) electrons. The van der Waals surface area contributed by atoms with Gasteiger partial charge in [0.1, 0.15) is 0 Å². The summed E-state index contributed by atoms with van der Waals surface area (Å²) in [6.45, 7) is 1.20. The standard InChI is InChI=1S/C8H12N2.4BrH.Sn/c9-5-7-1-2-8(6-10)4-3-7;;;;;/h1-4H,5-6,9-10H2;4*1H;/q;;;;;+4/p-4. The van der Waals surface area contributed by atoms with Gasteiger partial charge < -0.3 is 11.5 Å². The Balaban J connectivity index is 0.000000336. The van der Waals surface area contributed by atoms with Crippen molar-refractivity contribution in [1.82, 2.24) is 0 Å². The number of benzene rings is 1. The molecule has 0 fully saturated rings. The second-order valence-corrected chi connectivity index (χ2v) is 79.8. The van der Waals surface area contributed by atoms with E-state index in [2.05, 4.69) is 50.8 Å². The molecule has 1 aromatic rings. The summed E-state index contributed by atoms with van der Waals surface area (Å²) in [4.78, 5) is 0. The van der Waals surface area contributed by atoms with E-state index in [1.807, 2.05) is 24.3 Å². The molecule has 86 valence electrons. The molecule has 0 heterocycles. The number of halogens is 4. The van der Waals surface area contributed by atoms with Crippen LogP contribution in [0.3, 0.4) is 0 Å². The molecule has 15 heavy (non-hydrogen) atoms. The molecule has 0 bridgehead atoms. The van der Waals surface area contributed by atoms with Crippen molar-refractivity contribution in [3.63, 3.8) is 0 Å². The van der Waals surface area contributed by atoms with Crippen LogP contribution in [0.25, 0.3) is 0 Å². The van der Waals surface area contributed by atoms with Crippen molar-refractivity contribution in [2.24, 2.45) is 11.5 Å². The molecule has 0 saturated carbocycles. The first-order chi connectivity index (χ1) is 6.86. The molecule has 0 saturated heterocycles. The van der Waals surface area contributed by atoms with Crippen LogP contribution >= 0.6 is 50.8 Å². The molecule has 2 nitrogen and oxygen atoms in total. The Hall–Kier alpha value is 1.86. The Morgan fingerprint density at radius 3 is 1.13 bits per heavy atom. The van der Waals surface area contributed by atoms with E-state index in [4.69, 9.17) is 11.5 Å². The second kappa shape index (κ2) is 8.88. The van der Waals surface area contributed by atoms with Gasteiger partial charge in [-0.05, 0) is 11.1 Å². The van der Waals surface area contributed by atoms with E-state index in [1.54, 1.807) is 0 Å². The van der Waals surface area contributed by atoms with Gasteiger partial charge in [-0.25, -0.2) is 0 Å². The first kappa shape index (κ1) is 16.9. The molecule has 0 aliphatic heterocycles. The van der Waals surface area contributed by atoms with Crippen LogP contribution in [-0.2, 0) is 13.1 Å².